The summed E-state index contributed by atoms with van der Waals surface area (Å²) in [4.78, 5) is 13.2. The lowest BCUT2D eigenvalue weighted by Gasteiger charge is -2.23. The van der Waals surface area contributed by atoms with Crippen LogP contribution >= 0.6 is 11.6 Å². The molecule has 0 N–H and O–H groups in total. The molecule has 4 heteroatoms. The smallest absolute Gasteiger partial charge is 0.150 e. The van der Waals surface area contributed by atoms with Gasteiger partial charge in [0.1, 0.15) is 12.0 Å². The van der Waals surface area contributed by atoms with E-state index in [0.717, 1.165) is 42.1 Å². The highest BCUT2D eigenvalue weighted by molar-refractivity contribution is 6.30. The molecule has 0 aliphatic carbocycles. The first kappa shape index (κ1) is 16.8. The summed E-state index contributed by atoms with van der Waals surface area (Å²) in [5, 5.41) is 0.781. The molecular weight excluding hydrogens is 322 g/mol. The zero-order valence-corrected chi connectivity index (χ0v) is 14.8. The van der Waals surface area contributed by atoms with Gasteiger partial charge < -0.3 is 9.64 Å². The van der Waals surface area contributed by atoms with Crippen molar-refractivity contribution in [2.24, 2.45) is 0 Å². The van der Waals surface area contributed by atoms with E-state index < -0.39 is 0 Å². The third kappa shape index (κ3) is 3.41. The number of likely N-dealkylation sites (N-methyl/N-ethyl adjacent to an activating group) is 1. The van der Waals surface area contributed by atoms with Crippen LogP contribution in [0.1, 0.15) is 40.7 Å². The van der Waals surface area contributed by atoms with Crippen LogP contribution in [0.5, 0.6) is 5.75 Å². The number of aldehydes is 1. The summed E-state index contributed by atoms with van der Waals surface area (Å²) in [5.74, 6) is 1.09. The van der Waals surface area contributed by atoms with Crippen molar-refractivity contribution in [3.63, 3.8) is 0 Å². The Morgan fingerprint density at radius 2 is 2.12 bits per heavy atom. The number of carbonyl (C=O) groups is 1. The Balaban J connectivity index is 1.92. The molecule has 1 heterocycles. The van der Waals surface area contributed by atoms with E-state index in [0.29, 0.717) is 12.2 Å². The molecule has 1 atom stereocenters. The maximum absolute atomic E-state index is 11.0. The van der Waals surface area contributed by atoms with Gasteiger partial charge in [0.25, 0.3) is 0 Å². The number of halogens is 1. The fraction of sp³-hybridized carbons (Fsp3) is 0.350. The highest BCUT2D eigenvalue weighted by Gasteiger charge is 2.24. The average molecular weight is 344 g/mol. The van der Waals surface area contributed by atoms with Crippen LogP contribution in [-0.2, 0) is 6.42 Å². The molecule has 0 saturated heterocycles. The van der Waals surface area contributed by atoms with Crippen molar-refractivity contribution in [3.05, 3.63) is 58.1 Å². The molecule has 0 radical (unpaired) electrons. The number of carbonyl (C=O) groups excluding carboxylic acids is 1. The molecular formula is C20H22ClNO2. The lowest BCUT2D eigenvalue weighted by Crippen LogP contribution is -2.25. The topological polar surface area (TPSA) is 29.5 Å². The molecule has 0 fully saturated rings. The zero-order chi connectivity index (χ0) is 17.1. The van der Waals surface area contributed by atoms with Crippen LogP contribution in [0.25, 0.3) is 0 Å². The molecule has 24 heavy (non-hydrogen) atoms. The van der Waals surface area contributed by atoms with Crippen LogP contribution in [-0.4, -0.2) is 26.5 Å². The number of hydrogen-bond acceptors (Lipinski definition) is 3. The van der Waals surface area contributed by atoms with Crippen LogP contribution in [0.4, 0.5) is 5.69 Å². The minimum atomic E-state index is 0.265. The summed E-state index contributed by atoms with van der Waals surface area (Å²) in [7, 11) is 2.05. The first-order valence-corrected chi connectivity index (χ1v) is 8.71. The van der Waals surface area contributed by atoms with Crippen LogP contribution in [0, 0.1) is 0 Å². The monoisotopic (exact) mass is 343 g/mol. The molecule has 3 nitrogen and oxygen atoms in total. The lowest BCUT2D eigenvalue weighted by atomic mass is 9.92. The summed E-state index contributed by atoms with van der Waals surface area (Å²) in [6, 6.07) is 11.7. The van der Waals surface area contributed by atoms with Crippen molar-refractivity contribution in [3.8, 4) is 5.75 Å². The minimum Gasteiger partial charge on any atom is -0.491 e. The Bertz CT molecular complexity index is 744. The molecule has 1 aliphatic heterocycles. The summed E-state index contributed by atoms with van der Waals surface area (Å²) >= 11 is 6.18. The van der Waals surface area contributed by atoms with Gasteiger partial charge >= 0.3 is 0 Å². The van der Waals surface area contributed by atoms with E-state index in [4.69, 9.17) is 16.3 Å². The van der Waals surface area contributed by atoms with Crippen molar-refractivity contribution >= 4 is 23.6 Å². The average Bonchev–Trinajstić information content (AvgIpc) is 2.74. The predicted molar refractivity (Wildman–Crippen MR) is 98.8 cm³/mol. The molecule has 0 saturated carbocycles. The standard InChI is InChI=1S/C20H22ClNO2/c1-3-4-15-10-17(21)6-7-18(15)16-11-22(2)19-9-14(12-23)5-8-20(19)24-13-16/h5-10,12,16H,3-4,11,13H2,1-2H3. The minimum absolute atomic E-state index is 0.265. The highest BCUT2D eigenvalue weighted by Crippen LogP contribution is 2.35. The molecule has 2 aromatic carbocycles. The van der Waals surface area contributed by atoms with Crippen LogP contribution in [0.3, 0.4) is 0 Å². The second kappa shape index (κ2) is 7.27. The number of hydrogen-bond donors (Lipinski definition) is 0. The number of benzene rings is 2. The molecule has 0 amide bonds. The Morgan fingerprint density at radius 1 is 1.29 bits per heavy atom. The molecule has 1 aliphatic rings. The third-order valence-corrected chi connectivity index (χ3v) is 4.76. The number of ether oxygens (including phenoxy) is 1. The highest BCUT2D eigenvalue weighted by atomic mass is 35.5. The van der Waals surface area contributed by atoms with Gasteiger partial charge in [0.15, 0.2) is 0 Å². The summed E-state index contributed by atoms with van der Waals surface area (Å²) in [6.07, 6.45) is 2.97. The van der Waals surface area contributed by atoms with E-state index >= 15 is 0 Å². The maximum Gasteiger partial charge on any atom is 0.150 e. The number of rotatable bonds is 4. The Kier molecular flexibility index (Phi) is 5.10. The van der Waals surface area contributed by atoms with E-state index in [1.54, 1.807) is 6.07 Å². The largest absolute Gasteiger partial charge is 0.491 e. The molecule has 0 aromatic heterocycles. The number of anilines is 1. The van der Waals surface area contributed by atoms with Crippen molar-refractivity contribution in [2.45, 2.75) is 25.7 Å². The summed E-state index contributed by atoms with van der Waals surface area (Å²) < 4.78 is 6.06. The Labute approximate surface area is 148 Å². The van der Waals surface area contributed by atoms with E-state index in [9.17, 15) is 4.79 Å². The second-order valence-electron chi connectivity index (χ2n) is 6.33. The van der Waals surface area contributed by atoms with E-state index in [-0.39, 0.29) is 5.92 Å². The molecule has 126 valence electrons. The Hall–Kier alpha value is -2.00. The SMILES string of the molecule is CCCc1cc(Cl)ccc1C1COc2ccc(C=O)cc2N(C)C1. The second-order valence-corrected chi connectivity index (χ2v) is 6.76. The summed E-state index contributed by atoms with van der Waals surface area (Å²) in [6.45, 7) is 3.64. The van der Waals surface area contributed by atoms with Gasteiger partial charge in [-0.05, 0) is 47.9 Å². The van der Waals surface area contributed by atoms with Gasteiger partial charge in [0.2, 0.25) is 0 Å². The predicted octanol–water partition coefficient (Wildman–Crippen LogP) is 4.72. The van der Waals surface area contributed by atoms with Crippen molar-refractivity contribution in [2.75, 3.05) is 25.1 Å². The maximum atomic E-state index is 11.0. The number of nitrogens with zero attached hydrogens (tertiary/aromatic N) is 1. The van der Waals surface area contributed by atoms with E-state index in [1.807, 2.05) is 25.2 Å². The van der Waals surface area contributed by atoms with Gasteiger partial charge in [-0.1, -0.05) is 31.0 Å². The van der Waals surface area contributed by atoms with Gasteiger partial charge in [-0.3, -0.25) is 4.79 Å². The van der Waals surface area contributed by atoms with Crippen molar-refractivity contribution in [1.82, 2.24) is 0 Å². The van der Waals surface area contributed by atoms with Gasteiger partial charge in [-0.15, -0.1) is 0 Å². The third-order valence-electron chi connectivity index (χ3n) is 4.53. The van der Waals surface area contributed by atoms with Crippen LogP contribution < -0.4 is 9.64 Å². The van der Waals surface area contributed by atoms with Gasteiger partial charge in [0.05, 0.1) is 12.3 Å². The normalized spacial score (nSPS) is 17.0. The number of aryl methyl sites for hydroxylation is 1. The fourth-order valence-electron chi connectivity index (χ4n) is 3.35. The zero-order valence-electron chi connectivity index (χ0n) is 14.1. The van der Waals surface area contributed by atoms with E-state index in [1.165, 1.54) is 11.1 Å². The summed E-state index contributed by atoms with van der Waals surface area (Å²) in [5.41, 5.74) is 4.23. The van der Waals surface area contributed by atoms with Gasteiger partial charge in [-0.2, -0.15) is 0 Å². The molecule has 2 aromatic rings. The van der Waals surface area contributed by atoms with Crippen LogP contribution in [0.15, 0.2) is 36.4 Å². The van der Waals surface area contributed by atoms with Gasteiger partial charge in [0, 0.05) is 30.1 Å². The first-order chi connectivity index (χ1) is 11.6. The van der Waals surface area contributed by atoms with Crippen LogP contribution in [0.2, 0.25) is 5.02 Å². The first-order valence-electron chi connectivity index (χ1n) is 8.34. The lowest BCUT2D eigenvalue weighted by molar-refractivity contribution is 0.112. The molecule has 1 unspecified atom stereocenters. The Morgan fingerprint density at radius 3 is 2.88 bits per heavy atom. The number of fused-ring (bicyclic) bond motifs is 1. The van der Waals surface area contributed by atoms with Gasteiger partial charge in [-0.25, -0.2) is 0 Å². The van der Waals surface area contributed by atoms with E-state index in [2.05, 4.69) is 24.0 Å². The molecule has 0 bridgehead atoms. The van der Waals surface area contributed by atoms with Crippen molar-refractivity contribution < 1.29 is 9.53 Å². The fourth-order valence-corrected chi connectivity index (χ4v) is 3.54. The van der Waals surface area contributed by atoms with Crippen molar-refractivity contribution in [1.29, 1.82) is 0 Å². The molecule has 3 rings (SSSR count). The molecule has 0 spiro atoms. The quantitative estimate of drug-likeness (QED) is 0.752.